The van der Waals surface area contributed by atoms with Gasteiger partial charge in [-0.1, -0.05) is 42.5 Å². The Morgan fingerprint density at radius 3 is 2.50 bits per heavy atom. The number of likely N-dealkylation sites (tertiary alicyclic amines) is 1. The number of benzene rings is 2. The molecule has 0 radical (unpaired) electrons. The van der Waals surface area contributed by atoms with Crippen molar-refractivity contribution in [1.82, 2.24) is 19.7 Å². The SMILES string of the molecule is C1CCOC1.COC(=O)N1CCC(=O)N(C[C@@H]2CCN(C=O)C2)/C(c2ccc(-c3ccc4cccnc4c3)cc2)=N\C1. The van der Waals surface area contributed by atoms with E-state index in [1.54, 1.807) is 16.0 Å². The van der Waals surface area contributed by atoms with Gasteiger partial charge in [0.1, 0.15) is 12.5 Å². The first-order valence-corrected chi connectivity index (χ1v) is 14.5. The standard InChI is InChI=1S/C28H29N5O4.C4H8O/c1-37-28(36)32-14-11-26(35)33(17-20-10-13-31(16-20)19-34)27(30-18-32)23-7-4-21(5-8-23)24-9-6-22-3-2-12-29-25(22)15-24;1-2-4-5-3-1/h2-9,12,15,19-20H,10-11,13-14,16-18H2,1H3;1-4H2/b30-27-;/t20-;/m1./s1. The van der Waals surface area contributed by atoms with Crippen LogP contribution in [0.1, 0.15) is 31.2 Å². The number of fused-ring (bicyclic) bond motifs is 1. The first kappa shape index (κ1) is 29.2. The number of carbonyl (C=O) groups is 3. The number of amidine groups is 1. The number of aromatic nitrogens is 1. The predicted molar refractivity (Wildman–Crippen MR) is 160 cm³/mol. The van der Waals surface area contributed by atoms with Gasteiger partial charge in [0.25, 0.3) is 0 Å². The van der Waals surface area contributed by atoms with E-state index in [4.69, 9.17) is 14.5 Å². The van der Waals surface area contributed by atoms with Gasteiger partial charge in [-0.25, -0.2) is 9.79 Å². The highest BCUT2D eigenvalue weighted by Crippen LogP contribution is 2.25. The normalized spacial score (nSPS) is 20.3. The third kappa shape index (κ3) is 7.12. The van der Waals surface area contributed by atoms with Gasteiger partial charge in [-0.3, -0.25) is 24.4 Å². The third-order valence-corrected chi connectivity index (χ3v) is 7.79. The largest absolute Gasteiger partial charge is 0.453 e. The lowest BCUT2D eigenvalue weighted by Crippen LogP contribution is -2.46. The molecule has 0 saturated carbocycles. The minimum absolute atomic E-state index is 0.0923. The van der Waals surface area contributed by atoms with Crippen LogP contribution in [-0.2, 0) is 19.1 Å². The zero-order chi connectivity index (χ0) is 29.3. The van der Waals surface area contributed by atoms with Crippen molar-refractivity contribution in [1.29, 1.82) is 0 Å². The molecule has 10 nitrogen and oxygen atoms in total. The van der Waals surface area contributed by atoms with E-state index in [-0.39, 0.29) is 31.5 Å². The molecule has 3 amide bonds. The molecule has 3 aliphatic heterocycles. The molecule has 0 bridgehead atoms. The molecule has 3 aromatic rings. The Morgan fingerprint density at radius 1 is 1.05 bits per heavy atom. The maximum absolute atomic E-state index is 13.3. The van der Waals surface area contributed by atoms with Crippen LogP contribution in [0.4, 0.5) is 4.79 Å². The summed E-state index contributed by atoms with van der Waals surface area (Å²) in [5.74, 6) is 0.580. The Morgan fingerprint density at radius 2 is 1.81 bits per heavy atom. The lowest BCUT2D eigenvalue weighted by atomic mass is 10.0. The maximum Gasteiger partial charge on any atom is 0.410 e. The van der Waals surface area contributed by atoms with E-state index >= 15 is 0 Å². The molecule has 220 valence electrons. The number of amides is 3. The molecule has 0 spiro atoms. The molecule has 0 N–H and O–H groups in total. The lowest BCUT2D eigenvalue weighted by molar-refractivity contribution is -0.128. The average molecular weight is 572 g/mol. The van der Waals surface area contributed by atoms with Crippen LogP contribution in [0.15, 0.2) is 65.8 Å². The number of ether oxygens (including phenoxy) is 2. The van der Waals surface area contributed by atoms with E-state index in [2.05, 4.69) is 23.2 Å². The second kappa shape index (κ2) is 14.0. The van der Waals surface area contributed by atoms with E-state index in [1.165, 1.54) is 24.9 Å². The van der Waals surface area contributed by atoms with E-state index in [9.17, 15) is 14.4 Å². The zero-order valence-corrected chi connectivity index (χ0v) is 24.0. The topological polar surface area (TPSA) is 105 Å². The van der Waals surface area contributed by atoms with Crippen molar-refractivity contribution >= 4 is 35.1 Å². The summed E-state index contributed by atoms with van der Waals surface area (Å²) in [5.41, 5.74) is 3.78. The summed E-state index contributed by atoms with van der Waals surface area (Å²) in [4.78, 5) is 50.8. The van der Waals surface area contributed by atoms with Gasteiger partial charge in [-0.05, 0) is 48.4 Å². The van der Waals surface area contributed by atoms with Crippen LogP contribution in [-0.4, -0.2) is 97.1 Å². The Bertz CT molecular complexity index is 1410. The Balaban J connectivity index is 0.000000639. The maximum atomic E-state index is 13.3. The summed E-state index contributed by atoms with van der Waals surface area (Å²) >= 11 is 0. The van der Waals surface area contributed by atoms with Crippen molar-refractivity contribution in [2.45, 2.75) is 25.7 Å². The van der Waals surface area contributed by atoms with Crippen molar-refractivity contribution < 1.29 is 23.9 Å². The third-order valence-electron chi connectivity index (χ3n) is 7.79. The van der Waals surface area contributed by atoms with Crippen LogP contribution in [0.25, 0.3) is 22.0 Å². The molecule has 3 aliphatic rings. The Kier molecular flexibility index (Phi) is 9.76. The molecule has 6 rings (SSSR count). The highest BCUT2D eigenvalue weighted by Gasteiger charge is 2.31. The number of hydrogen-bond acceptors (Lipinski definition) is 7. The second-order valence-electron chi connectivity index (χ2n) is 10.7. The van der Waals surface area contributed by atoms with Gasteiger partial charge in [0.2, 0.25) is 12.3 Å². The molecule has 0 aliphatic carbocycles. The molecular weight excluding hydrogens is 534 g/mol. The Hall–Kier alpha value is -4.31. The molecule has 1 aromatic heterocycles. The van der Waals surface area contributed by atoms with Crippen LogP contribution in [0, 0.1) is 5.92 Å². The molecule has 1 atom stereocenters. The van der Waals surface area contributed by atoms with Crippen LogP contribution in [0.3, 0.4) is 0 Å². The summed E-state index contributed by atoms with van der Waals surface area (Å²) in [7, 11) is 1.32. The van der Waals surface area contributed by atoms with Crippen molar-refractivity contribution in [3.8, 4) is 11.1 Å². The first-order chi connectivity index (χ1) is 20.6. The van der Waals surface area contributed by atoms with Crippen molar-refractivity contribution in [2.75, 3.05) is 53.2 Å². The lowest BCUT2D eigenvalue weighted by Gasteiger charge is -2.31. The van der Waals surface area contributed by atoms with Gasteiger partial charge in [0, 0.05) is 63.0 Å². The summed E-state index contributed by atoms with van der Waals surface area (Å²) < 4.78 is 9.81. The van der Waals surface area contributed by atoms with E-state index in [0.717, 1.165) is 53.6 Å². The number of methoxy groups -OCH3 is 1. The fourth-order valence-corrected chi connectivity index (χ4v) is 5.44. The fourth-order valence-electron chi connectivity index (χ4n) is 5.44. The second-order valence-corrected chi connectivity index (χ2v) is 10.7. The van der Waals surface area contributed by atoms with E-state index < -0.39 is 6.09 Å². The van der Waals surface area contributed by atoms with Gasteiger partial charge in [-0.15, -0.1) is 0 Å². The smallest absolute Gasteiger partial charge is 0.410 e. The highest BCUT2D eigenvalue weighted by molar-refractivity contribution is 6.08. The summed E-state index contributed by atoms with van der Waals surface area (Å²) in [6.07, 6.45) is 5.69. The summed E-state index contributed by atoms with van der Waals surface area (Å²) in [5, 5.41) is 1.08. The van der Waals surface area contributed by atoms with Gasteiger partial charge in [0.15, 0.2) is 0 Å². The number of aliphatic imine (C=N–C) groups is 1. The number of nitrogens with zero attached hydrogens (tertiary/aromatic N) is 5. The molecule has 2 aromatic carbocycles. The van der Waals surface area contributed by atoms with Crippen LogP contribution in [0.5, 0.6) is 0 Å². The average Bonchev–Trinajstić information content (AvgIpc) is 3.76. The van der Waals surface area contributed by atoms with Gasteiger partial charge in [-0.2, -0.15) is 0 Å². The summed E-state index contributed by atoms with van der Waals surface area (Å²) in [6, 6.07) is 18.0. The summed E-state index contributed by atoms with van der Waals surface area (Å²) in [6.45, 7) is 4.10. The molecular formula is C32H37N5O5. The minimum atomic E-state index is -0.512. The number of pyridine rings is 1. The highest BCUT2D eigenvalue weighted by atomic mass is 16.5. The number of hydrogen-bond donors (Lipinski definition) is 0. The van der Waals surface area contributed by atoms with Gasteiger partial charge < -0.3 is 14.4 Å². The number of rotatable bonds is 5. The monoisotopic (exact) mass is 571 g/mol. The molecule has 4 heterocycles. The zero-order valence-electron chi connectivity index (χ0n) is 24.0. The van der Waals surface area contributed by atoms with Crippen molar-refractivity contribution in [2.24, 2.45) is 10.9 Å². The minimum Gasteiger partial charge on any atom is -0.453 e. The van der Waals surface area contributed by atoms with Gasteiger partial charge >= 0.3 is 6.09 Å². The van der Waals surface area contributed by atoms with Gasteiger partial charge in [0.05, 0.1) is 12.6 Å². The van der Waals surface area contributed by atoms with E-state index in [1.807, 2.05) is 36.4 Å². The predicted octanol–water partition coefficient (Wildman–Crippen LogP) is 4.18. The fraction of sp³-hybridized carbons (Fsp3) is 0.406. The van der Waals surface area contributed by atoms with Crippen molar-refractivity contribution in [3.05, 3.63) is 66.4 Å². The quantitative estimate of drug-likeness (QED) is 0.426. The van der Waals surface area contributed by atoms with Crippen LogP contribution < -0.4 is 0 Å². The van der Waals surface area contributed by atoms with E-state index in [0.29, 0.717) is 25.5 Å². The molecule has 0 unspecified atom stereocenters. The first-order valence-electron chi connectivity index (χ1n) is 14.5. The van der Waals surface area contributed by atoms with Crippen molar-refractivity contribution in [3.63, 3.8) is 0 Å². The number of carbonyl (C=O) groups excluding carboxylic acids is 3. The molecule has 42 heavy (non-hydrogen) atoms. The molecule has 2 fully saturated rings. The van der Waals surface area contributed by atoms with Crippen LogP contribution >= 0.6 is 0 Å². The van der Waals surface area contributed by atoms with Crippen LogP contribution in [0.2, 0.25) is 0 Å². The molecule has 2 saturated heterocycles. The molecule has 10 heteroatoms. The Labute approximate surface area is 245 Å².